The van der Waals surface area contributed by atoms with Crippen molar-refractivity contribution >= 4 is 23.3 Å². The van der Waals surface area contributed by atoms with Crippen LogP contribution < -0.4 is 5.32 Å². The molecule has 0 radical (unpaired) electrons. The molecule has 1 N–H and O–H groups in total. The molecule has 0 spiro atoms. The number of carbonyl (C=O) groups is 1. The lowest BCUT2D eigenvalue weighted by molar-refractivity contribution is 0.207. The SMILES string of the molecule is O=C(Nc1nccc(C2CC2)n1)N1CCCC1c1cccs1. The smallest absolute Gasteiger partial charge is 0.317 e. The highest BCUT2D eigenvalue weighted by Crippen LogP contribution is 2.39. The number of rotatable bonds is 3. The lowest BCUT2D eigenvalue weighted by Crippen LogP contribution is -2.34. The molecule has 2 fully saturated rings. The number of anilines is 1. The molecule has 1 saturated heterocycles. The van der Waals surface area contributed by atoms with E-state index in [1.54, 1.807) is 17.5 Å². The number of amides is 2. The first-order valence-corrected chi connectivity index (χ1v) is 8.63. The largest absolute Gasteiger partial charge is 0.324 e. The van der Waals surface area contributed by atoms with Crippen LogP contribution in [-0.2, 0) is 0 Å². The van der Waals surface area contributed by atoms with E-state index in [0.717, 1.165) is 25.1 Å². The van der Waals surface area contributed by atoms with Gasteiger partial charge in [0.1, 0.15) is 0 Å². The maximum atomic E-state index is 12.6. The highest BCUT2D eigenvalue weighted by atomic mass is 32.1. The van der Waals surface area contributed by atoms with Gasteiger partial charge in [0, 0.05) is 29.2 Å². The van der Waals surface area contributed by atoms with E-state index in [-0.39, 0.29) is 12.1 Å². The van der Waals surface area contributed by atoms with Crippen LogP contribution in [0.5, 0.6) is 0 Å². The summed E-state index contributed by atoms with van der Waals surface area (Å²) in [7, 11) is 0. The molecular weight excluding hydrogens is 296 g/mol. The third-order valence-corrected chi connectivity index (χ3v) is 5.25. The molecule has 2 aromatic heterocycles. The van der Waals surface area contributed by atoms with Crippen molar-refractivity contribution in [2.75, 3.05) is 11.9 Å². The van der Waals surface area contributed by atoms with Crippen LogP contribution in [0.25, 0.3) is 0 Å². The Bertz CT molecular complexity index is 669. The van der Waals surface area contributed by atoms with Gasteiger partial charge in [-0.25, -0.2) is 14.8 Å². The fraction of sp³-hybridized carbons (Fsp3) is 0.438. The zero-order valence-corrected chi connectivity index (χ0v) is 13.1. The van der Waals surface area contributed by atoms with Gasteiger partial charge in [0.2, 0.25) is 5.95 Å². The molecule has 2 aliphatic rings. The van der Waals surface area contributed by atoms with Gasteiger partial charge < -0.3 is 4.90 Å². The Morgan fingerprint density at radius 3 is 3.00 bits per heavy atom. The second-order valence-electron chi connectivity index (χ2n) is 5.88. The fourth-order valence-corrected chi connectivity index (χ4v) is 3.87. The quantitative estimate of drug-likeness (QED) is 0.938. The third-order valence-electron chi connectivity index (χ3n) is 4.28. The summed E-state index contributed by atoms with van der Waals surface area (Å²) in [5, 5.41) is 4.93. The van der Waals surface area contributed by atoms with Crippen LogP contribution in [0, 0.1) is 0 Å². The minimum Gasteiger partial charge on any atom is -0.317 e. The molecule has 3 heterocycles. The Morgan fingerprint density at radius 2 is 2.23 bits per heavy atom. The van der Waals surface area contributed by atoms with Crippen LogP contribution in [0.3, 0.4) is 0 Å². The van der Waals surface area contributed by atoms with Gasteiger partial charge in [-0.2, -0.15) is 0 Å². The Morgan fingerprint density at radius 1 is 1.32 bits per heavy atom. The molecule has 4 rings (SSSR count). The van der Waals surface area contributed by atoms with Gasteiger partial charge >= 0.3 is 6.03 Å². The number of carbonyl (C=O) groups excluding carboxylic acids is 1. The zero-order valence-electron chi connectivity index (χ0n) is 12.2. The number of thiophene rings is 1. The Kier molecular flexibility index (Phi) is 3.54. The van der Waals surface area contributed by atoms with Gasteiger partial charge in [0.25, 0.3) is 0 Å². The van der Waals surface area contributed by atoms with E-state index in [1.165, 1.54) is 17.7 Å². The average molecular weight is 314 g/mol. The summed E-state index contributed by atoms with van der Waals surface area (Å²) in [6.45, 7) is 0.788. The summed E-state index contributed by atoms with van der Waals surface area (Å²) < 4.78 is 0. The summed E-state index contributed by atoms with van der Waals surface area (Å²) in [5.41, 5.74) is 1.04. The number of nitrogens with one attached hydrogen (secondary N) is 1. The molecule has 114 valence electrons. The van der Waals surface area contributed by atoms with Crippen LogP contribution in [-0.4, -0.2) is 27.4 Å². The van der Waals surface area contributed by atoms with Crippen LogP contribution in [0.2, 0.25) is 0 Å². The molecule has 6 heteroatoms. The maximum Gasteiger partial charge on any atom is 0.324 e. The Balaban J connectivity index is 1.48. The number of hydrogen-bond acceptors (Lipinski definition) is 4. The summed E-state index contributed by atoms with van der Waals surface area (Å²) in [5.74, 6) is 0.982. The summed E-state index contributed by atoms with van der Waals surface area (Å²) in [6.07, 6.45) is 6.18. The Hall–Kier alpha value is -1.95. The van der Waals surface area contributed by atoms with E-state index in [4.69, 9.17) is 0 Å². The number of aromatic nitrogens is 2. The van der Waals surface area contributed by atoms with Crippen LogP contribution in [0.4, 0.5) is 10.7 Å². The lowest BCUT2D eigenvalue weighted by Gasteiger charge is -2.23. The van der Waals surface area contributed by atoms with Gasteiger partial charge in [-0.15, -0.1) is 11.3 Å². The zero-order chi connectivity index (χ0) is 14.9. The maximum absolute atomic E-state index is 12.6. The van der Waals surface area contributed by atoms with Gasteiger partial charge in [-0.3, -0.25) is 5.32 Å². The van der Waals surface area contributed by atoms with E-state index < -0.39 is 0 Å². The molecule has 1 aliphatic heterocycles. The monoisotopic (exact) mass is 314 g/mol. The second kappa shape index (κ2) is 5.68. The molecule has 0 bridgehead atoms. The number of hydrogen-bond donors (Lipinski definition) is 1. The van der Waals surface area contributed by atoms with Crippen molar-refractivity contribution < 1.29 is 4.79 Å². The molecule has 0 aromatic carbocycles. The van der Waals surface area contributed by atoms with Gasteiger partial charge in [0.15, 0.2) is 0 Å². The standard InChI is InChI=1S/C16H18N4OS/c21-16(19-15-17-8-7-12(18-15)11-5-6-11)20-9-1-3-13(20)14-4-2-10-22-14/h2,4,7-8,10-11,13H,1,3,5-6,9H2,(H,17,18,19,21). The summed E-state index contributed by atoms with van der Waals surface area (Å²) in [6, 6.07) is 6.18. The summed E-state index contributed by atoms with van der Waals surface area (Å²) in [4.78, 5) is 24.4. The minimum absolute atomic E-state index is 0.0937. The number of urea groups is 1. The second-order valence-corrected chi connectivity index (χ2v) is 6.86. The first-order chi connectivity index (χ1) is 10.8. The van der Waals surface area contributed by atoms with Crippen molar-refractivity contribution in [3.05, 3.63) is 40.3 Å². The van der Waals surface area contributed by atoms with Crippen molar-refractivity contribution in [2.45, 2.75) is 37.6 Å². The highest BCUT2D eigenvalue weighted by Gasteiger charge is 2.31. The van der Waals surface area contributed by atoms with E-state index in [1.807, 2.05) is 17.0 Å². The molecule has 2 aromatic rings. The van der Waals surface area contributed by atoms with Gasteiger partial charge in [-0.05, 0) is 43.2 Å². The van der Waals surface area contributed by atoms with Gasteiger partial charge in [0.05, 0.1) is 6.04 Å². The minimum atomic E-state index is -0.0937. The fourth-order valence-electron chi connectivity index (χ4n) is 2.99. The van der Waals surface area contributed by atoms with Crippen molar-refractivity contribution in [3.8, 4) is 0 Å². The Labute approximate surface area is 133 Å². The third kappa shape index (κ3) is 2.70. The predicted molar refractivity (Wildman–Crippen MR) is 86.0 cm³/mol. The van der Waals surface area contributed by atoms with Crippen molar-refractivity contribution in [1.82, 2.24) is 14.9 Å². The molecule has 2 amide bonds. The van der Waals surface area contributed by atoms with Crippen LogP contribution in [0.1, 0.15) is 48.2 Å². The van der Waals surface area contributed by atoms with Crippen LogP contribution >= 0.6 is 11.3 Å². The normalized spacial score (nSPS) is 21.1. The van der Waals surface area contributed by atoms with E-state index >= 15 is 0 Å². The van der Waals surface area contributed by atoms with Crippen molar-refractivity contribution in [2.24, 2.45) is 0 Å². The number of nitrogens with zero attached hydrogens (tertiary/aromatic N) is 3. The molecule has 1 unspecified atom stereocenters. The average Bonchev–Trinajstić information content (AvgIpc) is 3.03. The predicted octanol–water partition coefficient (Wildman–Crippen LogP) is 3.78. The highest BCUT2D eigenvalue weighted by molar-refractivity contribution is 7.10. The van der Waals surface area contributed by atoms with E-state index in [9.17, 15) is 4.79 Å². The van der Waals surface area contributed by atoms with Gasteiger partial charge in [-0.1, -0.05) is 6.07 Å². The topological polar surface area (TPSA) is 58.1 Å². The van der Waals surface area contributed by atoms with Crippen LogP contribution in [0.15, 0.2) is 29.8 Å². The summed E-state index contributed by atoms with van der Waals surface area (Å²) >= 11 is 1.71. The molecular formula is C16H18N4OS. The number of likely N-dealkylation sites (tertiary alicyclic amines) is 1. The van der Waals surface area contributed by atoms with E-state index in [2.05, 4.69) is 26.7 Å². The molecule has 1 aliphatic carbocycles. The molecule has 1 atom stereocenters. The molecule has 22 heavy (non-hydrogen) atoms. The first kappa shape index (κ1) is 13.7. The first-order valence-electron chi connectivity index (χ1n) is 7.75. The molecule has 1 saturated carbocycles. The van der Waals surface area contributed by atoms with E-state index in [0.29, 0.717) is 11.9 Å². The van der Waals surface area contributed by atoms with Crippen molar-refractivity contribution in [3.63, 3.8) is 0 Å². The van der Waals surface area contributed by atoms with Crippen molar-refractivity contribution in [1.29, 1.82) is 0 Å². The molecule has 5 nitrogen and oxygen atoms in total. The lowest BCUT2D eigenvalue weighted by atomic mass is 10.2.